The molecule has 4 heteroatoms. The third-order valence-corrected chi connectivity index (χ3v) is 3.83. The van der Waals surface area contributed by atoms with Gasteiger partial charge in [0.1, 0.15) is 5.82 Å². The third-order valence-electron chi connectivity index (χ3n) is 3.83. The van der Waals surface area contributed by atoms with Crippen molar-refractivity contribution in [2.24, 2.45) is 0 Å². The number of nitrogens with one attached hydrogen (secondary N) is 1. The number of likely N-dealkylation sites (N-methyl/N-ethyl adjacent to an activating group) is 1. The molecule has 1 aliphatic carbocycles. The van der Waals surface area contributed by atoms with E-state index in [1.807, 2.05) is 25.1 Å². The van der Waals surface area contributed by atoms with Crippen molar-refractivity contribution in [1.82, 2.24) is 5.32 Å². The van der Waals surface area contributed by atoms with Gasteiger partial charge >= 0.3 is 0 Å². The summed E-state index contributed by atoms with van der Waals surface area (Å²) in [5, 5.41) is 13.4. The van der Waals surface area contributed by atoms with Crippen LogP contribution in [0.1, 0.15) is 31.2 Å². The fraction of sp³-hybridized carbons (Fsp3) is 0.600. The number of hydrogen-bond donors (Lipinski definition) is 2. The van der Waals surface area contributed by atoms with Crippen molar-refractivity contribution in [3.8, 4) is 0 Å². The Morgan fingerprint density at radius 2 is 2.00 bits per heavy atom. The van der Waals surface area contributed by atoms with E-state index in [4.69, 9.17) is 0 Å². The third kappa shape index (κ3) is 3.67. The summed E-state index contributed by atoms with van der Waals surface area (Å²) in [6.07, 6.45) is 3.85. The van der Waals surface area contributed by atoms with Gasteiger partial charge in [-0.2, -0.15) is 0 Å². The highest BCUT2D eigenvalue weighted by atomic mass is 19.1. The van der Waals surface area contributed by atoms with Crippen molar-refractivity contribution in [3.63, 3.8) is 0 Å². The Kier molecular flexibility index (Phi) is 4.42. The van der Waals surface area contributed by atoms with Crippen LogP contribution in [0.2, 0.25) is 0 Å². The van der Waals surface area contributed by atoms with E-state index in [1.165, 1.54) is 12.1 Å². The van der Waals surface area contributed by atoms with Crippen molar-refractivity contribution >= 4 is 5.69 Å². The second-order valence-corrected chi connectivity index (χ2v) is 5.64. The molecule has 0 heterocycles. The van der Waals surface area contributed by atoms with Crippen molar-refractivity contribution in [1.29, 1.82) is 0 Å². The maximum Gasteiger partial charge on any atom is 0.125 e. The van der Waals surface area contributed by atoms with Crippen LogP contribution in [0.5, 0.6) is 0 Å². The lowest BCUT2D eigenvalue weighted by Crippen LogP contribution is -2.39. The average Bonchev–Trinajstić information content (AvgIpc) is 2.75. The number of hydrogen-bond acceptors (Lipinski definition) is 3. The number of anilines is 1. The van der Waals surface area contributed by atoms with Gasteiger partial charge in [-0.3, -0.25) is 0 Å². The fourth-order valence-electron chi connectivity index (χ4n) is 2.88. The summed E-state index contributed by atoms with van der Waals surface area (Å²) < 4.78 is 13.6. The monoisotopic (exact) mass is 266 g/mol. The van der Waals surface area contributed by atoms with E-state index >= 15 is 0 Å². The van der Waals surface area contributed by atoms with Crippen LogP contribution in [0.15, 0.2) is 18.2 Å². The summed E-state index contributed by atoms with van der Waals surface area (Å²) in [5.41, 5.74) is 1.14. The summed E-state index contributed by atoms with van der Waals surface area (Å²) in [4.78, 5) is 1.95. The van der Waals surface area contributed by atoms with E-state index in [-0.39, 0.29) is 5.82 Å². The van der Waals surface area contributed by atoms with Gasteiger partial charge in [0, 0.05) is 25.8 Å². The van der Waals surface area contributed by atoms with Crippen LogP contribution in [0, 0.1) is 5.82 Å². The Morgan fingerprint density at radius 1 is 1.32 bits per heavy atom. The van der Waals surface area contributed by atoms with E-state index in [9.17, 15) is 9.50 Å². The Labute approximate surface area is 114 Å². The van der Waals surface area contributed by atoms with Gasteiger partial charge in [0.2, 0.25) is 0 Å². The molecule has 0 unspecified atom stereocenters. The number of aliphatic hydroxyl groups is 1. The van der Waals surface area contributed by atoms with E-state index in [0.29, 0.717) is 13.1 Å². The Hall–Kier alpha value is -1.13. The molecule has 1 aromatic rings. The van der Waals surface area contributed by atoms with Gasteiger partial charge in [0.25, 0.3) is 0 Å². The summed E-state index contributed by atoms with van der Waals surface area (Å²) in [6, 6.07) is 5.04. The highest BCUT2D eigenvalue weighted by Gasteiger charge is 2.32. The largest absolute Gasteiger partial charge is 0.388 e. The Balaban J connectivity index is 2.11. The predicted molar refractivity (Wildman–Crippen MR) is 75.9 cm³/mol. The minimum absolute atomic E-state index is 0.229. The summed E-state index contributed by atoms with van der Waals surface area (Å²) in [6.45, 7) is 1.21. The SMILES string of the molecule is CNCc1cc(F)cc(N(C)CC2(O)CCCC2)c1. The number of benzene rings is 1. The molecule has 1 aliphatic rings. The molecule has 0 spiro atoms. The highest BCUT2D eigenvalue weighted by molar-refractivity contribution is 5.48. The van der Waals surface area contributed by atoms with Gasteiger partial charge in [0.05, 0.1) is 5.60 Å². The maximum atomic E-state index is 13.6. The molecule has 2 N–H and O–H groups in total. The normalized spacial score (nSPS) is 17.7. The molecule has 0 atom stereocenters. The zero-order valence-electron chi connectivity index (χ0n) is 11.7. The molecule has 0 amide bonds. The van der Waals surface area contributed by atoms with E-state index in [0.717, 1.165) is 36.9 Å². The van der Waals surface area contributed by atoms with E-state index < -0.39 is 5.60 Å². The van der Waals surface area contributed by atoms with Crippen LogP contribution in [0.25, 0.3) is 0 Å². The van der Waals surface area contributed by atoms with Gasteiger partial charge in [-0.25, -0.2) is 4.39 Å². The molecule has 0 aromatic heterocycles. The first kappa shape index (κ1) is 14.3. The zero-order chi connectivity index (χ0) is 13.9. The molecule has 0 radical (unpaired) electrons. The van der Waals surface area contributed by atoms with Crippen molar-refractivity contribution < 1.29 is 9.50 Å². The molecule has 106 valence electrons. The molecule has 2 rings (SSSR count). The molecular weight excluding hydrogens is 243 g/mol. The van der Waals surface area contributed by atoms with Crippen molar-refractivity contribution in [2.75, 3.05) is 25.5 Å². The number of halogens is 1. The van der Waals surface area contributed by atoms with Gasteiger partial charge in [-0.05, 0) is 43.7 Å². The lowest BCUT2D eigenvalue weighted by molar-refractivity contribution is 0.0559. The standard InChI is InChI=1S/C15H23FN2O/c1-17-10-12-7-13(16)9-14(8-12)18(2)11-15(19)5-3-4-6-15/h7-9,17,19H,3-6,10-11H2,1-2H3. The molecule has 0 saturated heterocycles. The summed E-state index contributed by atoms with van der Waals surface area (Å²) >= 11 is 0. The molecule has 1 saturated carbocycles. The van der Waals surface area contributed by atoms with Crippen LogP contribution in [0.3, 0.4) is 0 Å². The van der Waals surface area contributed by atoms with Gasteiger partial charge < -0.3 is 15.3 Å². The predicted octanol–water partition coefficient (Wildman–Crippen LogP) is 2.29. The van der Waals surface area contributed by atoms with Gasteiger partial charge in [0.15, 0.2) is 0 Å². The zero-order valence-corrected chi connectivity index (χ0v) is 11.7. The topological polar surface area (TPSA) is 35.5 Å². The smallest absolute Gasteiger partial charge is 0.125 e. The molecular formula is C15H23FN2O. The first-order valence-corrected chi connectivity index (χ1v) is 6.90. The Bertz CT molecular complexity index is 430. The van der Waals surface area contributed by atoms with Crippen LogP contribution >= 0.6 is 0 Å². The van der Waals surface area contributed by atoms with Gasteiger partial charge in [-0.1, -0.05) is 12.8 Å². The number of rotatable bonds is 5. The van der Waals surface area contributed by atoms with Gasteiger partial charge in [-0.15, -0.1) is 0 Å². The quantitative estimate of drug-likeness (QED) is 0.858. The molecule has 1 fully saturated rings. The van der Waals surface area contributed by atoms with Crippen LogP contribution in [-0.2, 0) is 6.54 Å². The lowest BCUT2D eigenvalue weighted by atomic mass is 10.0. The Morgan fingerprint density at radius 3 is 2.63 bits per heavy atom. The minimum Gasteiger partial charge on any atom is -0.388 e. The minimum atomic E-state index is -0.607. The molecule has 1 aromatic carbocycles. The second kappa shape index (κ2) is 5.88. The van der Waals surface area contributed by atoms with Crippen LogP contribution in [-0.4, -0.2) is 31.3 Å². The molecule has 0 bridgehead atoms. The fourth-order valence-corrected chi connectivity index (χ4v) is 2.88. The summed E-state index contributed by atoms with van der Waals surface area (Å²) in [7, 11) is 3.75. The summed E-state index contributed by atoms with van der Waals surface area (Å²) in [5.74, 6) is -0.229. The first-order chi connectivity index (χ1) is 9.02. The van der Waals surface area contributed by atoms with E-state index in [1.54, 1.807) is 0 Å². The number of nitrogens with zero attached hydrogens (tertiary/aromatic N) is 1. The molecule has 0 aliphatic heterocycles. The van der Waals surface area contributed by atoms with Crippen molar-refractivity contribution in [2.45, 2.75) is 37.8 Å². The van der Waals surface area contributed by atoms with Crippen LogP contribution < -0.4 is 10.2 Å². The molecule has 19 heavy (non-hydrogen) atoms. The average molecular weight is 266 g/mol. The maximum absolute atomic E-state index is 13.6. The lowest BCUT2D eigenvalue weighted by Gasteiger charge is -2.30. The van der Waals surface area contributed by atoms with Crippen LogP contribution in [0.4, 0.5) is 10.1 Å². The first-order valence-electron chi connectivity index (χ1n) is 6.90. The second-order valence-electron chi connectivity index (χ2n) is 5.64. The van der Waals surface area contributed by atoms with Crippen molar-refractivity contribution in [3.05, 3.63) is 29.6 Å². The van der Waals surface area contributed by atoms with E-state index in [2.05, 4.69) is 5.32 Å². The molecule has 3 nitrogen and oxygen atoms in total. The highest BCUT2D eigenvalue weighted by Crippen LogP contribution is 2.31.